The van der Waals surface area contributed by atoms with E-state index < -0.39 is 5.41 Å². The maximum atomic E-state index is 12.8. The Morgan fingerprint density at radius 2 is 1.72 bits per heavy atom. The van der Waals surface area contributed by atoms with Gasteiger partial charge in [0.25, 0.3) is 0 Å². The molecule has 1 aliphatic carbocycles. The SMILES string of the molecule is CC(Cc1ccc2c(c1)OCO2)N(C)C(=O)OCC1(COC(=O)C(C)(C)C)CCCCC1. The van der Waals surface area contributed by atoms with Crippen LogP contribution in [0.4, 0.5) is 4.79 Å². The van der Waals surface area contributed by atoms with Gasteiger partial charge in [0.1, 0.15) is 13.2 Å². The van der Waals surface area contributed by atoms with E-state index in [0.717, 1.165) is 49.2 Å². The third-order valence-corrected chi connectivity index (χ3v) is 6.46. The summed E-state index contributed by atoms with van der Waals surface area (Å²) in [6.45, 7) is 8.34. The summed E-state index contributed by atoms with van der Waals surface area (Å²) in [5.41, 5.74) is 0.229. The van der Waals surface area contributed by atoms with Crippen LogP contribution in [0.1, 0.15) is 65.4 Å². The van der Waals surface area contributed by atoms with Gasteiger partial charge in [0, 0.05) is 18.5 Å². The monoisotopic (exact) mass is 447 g/mol. The van der Waals surface area contributed by atoms with Crippen molar-refractivity contribution in [1.29, 1.82) is 0 Å². The molecule has 1 saturated carbocycles. The highest BCUT2D eigenvalue weighted by Gasteiger charge is 2.37. The molecule has 1 atom stereocenters. The van der Waals surface area contributed by atoms with Crippen LogP contribution in [-0.4, -0.2) is 50.1 Å². The second-order valence-corrected chi connectivity index (χ2v) is 10.3. The van der Waals surface area contributed by atoms with Gasteiger partial charge in [-0.1, -0.05) is 25.3 Å². The van der Waals surface area contributed by atoms with Crippen molar-refractivity contribution in [2.24, 2.45) is 10.8 Å². The fourth-order valence-corrected chi connectivity index (χ4v) is 4.11. The number of likely N-dealkylation sites (N-methyl/N-ethyl adjacent to an activating group) is 1. The Morgan fingerprint density at radius 3 is 2.41 bits per heavy atom. The van der Waals surface area contributed by atoms with E-state index in [-0.39, 0.29) is 36.9 Å². The average molecular weight is 448 g/mol. The van der Waals surface area contributed by atoms with Gasteiger partial charge in [0.2, 0.25) is 6.79 Å². The van der Waals surface area contributed by atoms with Crippen LogP contribution < -0.4 is 9.47 Å². The molecule has 1 aromatic rings. The van der Waals surface area contributed by atoms with Crippen molar-refractivity contribution in [1.82, 2.24) is 4.90 Å². The van der Waals surface area contributed by atoms with Crippen molar-refractivity contribution >= 4 is 12.1 Å². The molecule has 1 unspecified atom stereocenters. The molecule has 0 saturated heterocycles. The molecule has 7 nitrogen and oxygen atoms in total. The van der Waals surface area contributed by atoms with E-state index in [1.807, 2.05) is 45.9 Å². The van der Waals surface area contributed by atoms with E-state index in [1.165, 1.54) is 0 Å². The molecule has 0 bridgehead atoms. The molecular weight excluding hydrogens is 410 g/mol. The fourth-order valence-electron chi connectivity index (χ4n) is 4.11. The lowest BCUT2D eigenvalue weighted by Crippen LogP contribution is -2.42. The summed E-state index contributed by atoms with van der Waals surface area (Å²) in [7, 11) is 1.76. The first-order valence-corrected chi connectivity index (χ1v) is 11.5. The molecule has 7 heteroatoms. The van der Waals surface area contributed by atoms with Crippen LogP contribution in [0.25, 0.3) is 0 Å². The second-order valence-electron chi connectivity index (χ2n) is 10.3. The topological polar surface area (TPSA) is 74.3 Å². The van der Waals surface area contributed by atoms with Crippen molar-refractivity contribution in [2.75, 3.05) is 27.1 Å². The van der Waals surface area contributed by atoms with Crippen LogP contribution in [0.2, 0.25) is 0 Å². The van der Waals surface area contributed by atoms with Crippen LogP contribution in [0.3, 0.4) is 0 Å². The minimum atomic E-state index is -0.545. The summed E-state index contributed by atoms with van der Waals surface area (Å²) in [6.07, 6.45) is 5.39. The maximum absolute atomic E-state index is 12.8. The molecule has 32 heavy (non-hydrogen) atoms. The normalized spacial score (nSPS) is 18.0. The minimum absolute atomic E-state index is 0.0519. The Labute approximate surface area is 191 Å². The van der Waals surface area contributed by atoms with E-state index in [1.54, 1.807) is 11.9 Å². The summed E-state index contributed by atoms with van der Waals surface area (Å²) in [5, 5.41) is 0. The number of rotatable bonds is 7. The molecule has 1 aromatic carbocycles. The Morgan fingerprint density at radius 1 is 1.06 bits per heavy atom. The van der Waals surface area contributed by atoms with Gasteiger partial charge in [-0.15, -0.1) is 0 Å². The summed E-state index contributed by atoms with van der Waals surface area (Å²) >= 11 is 0. The lowest BCUT2D eigenvalue weighted by molar-refractivity contribution is -0.158. The minimum Gasteiger partial charge on any atom is -0.465 e. The summed E-state index contributed by atoms with van der Waals surface area (Å²) in [5.74, 6) is 1.27. The number of carbonyl (C=O) groups is 2. The first-order valence-electron chi connectivity index (χ1n) is 11.5. The molecule has 3 rings (SSSR count). The third kappa shape index (κ3) is 6.08. The maximum Gasteiger partial charge on any atom is 0.409 e. The zero-order valence-corrected chi connectivity index (χ0v) is 20.1. The molecule has 1 fully saturated rings. The van der Waals surface area contributed by atoms with E-state index in [0.29, 0.717) is 13.0 Å². The molecule has 178 valence electrons. The highest BCUT2D eigenvalue weighted by molar-refractivity contribution is 5.75. The highest BCUT2D eigenvalue weighted by atomic mass is 16.7. The number of hydrogen-bond donors (Lipinski definition) is 0. The number of amides is 1. The number of esters is 1. The van der Waals surface area contributed by atoms with E-state index in [4.69, 9.17) is 18.9 Å². The van der Waals surface area contributed by atoms with Crippen LogP contribution in [0.15, 0.2) is 18.2 Å². The summed E-state index contributed by atoms with van der Waals surface area (Å²) in [6, 6.07) is 5.79. The van der Waals surface area contributed by atoms with Gasteiger partial charge in [-0.3, -0.25) is 4.79 Å². The van der Waals surface area contributed by atoms with Crippen molar-refractivity contribution in [3.8, 4) is 11.5 Å². The van der Waals surface area contributed by atoms with Gasteiger partial charge in [0.15, 0.2) is 11.5 Å². The molecular formula is C25H37NO6. The van der Waals surface area contributed by atoms with Crippen LogP contribution >= 0.6 is 0 Å². The molecule has 0 radical (unpaired) electrons. The Balaban J connectivity index is 1.54. The quantitative estimate of drug-likeness (QED) is 0.551. The molecule has 1 amide bonds. The zero-order valence-electron chi connectivity index (χ0n) is 20.1. The van der Waals surface area contributed by atoms with Gasteiger partial charge >= 0.3 is 12.1 Å². The second kappa shape index (κ2) is 10.0. The van der Waals surface area contributed by atoms with Crippen molar-refractivity contribution in [3.05, 3.63) is 23.8 Å². The van der Waals surface area contributed by atoms with Crippen molar-refractivity contribution < 1.29 is 28.5 Å². The zero-order chi connectivity index (χ0) is 23.4. The molecule has 0 N–H and O–H groups in total. The Bertz CT molecular complexity index is 809. The number of benzene rings is 1. The standard InChI is InChI=1S/C25H37NO6/c1-18(13-19-9-10-20-21(14-19)32-17-31-20)26(5)23(28)30-16-25(11-7-6-8-12-25)15-29-22(27)24(2,3)4/h9-10,14,18H,6-8,11-13,15-17H2,1-5H3. The van der Waals surface area contributed by atoms with Crippen LogP contribution in [0.5, 0.6) is 11.5 Å². The highest BCUT2D eigenvalue weighted by Crippen LogP contribution is 2.38. The van der Waals surface area contributed by atoms with E-state index in [9.17, 15) is 9.59 Å². The molecule has 2 aliphatic rings. The number of fused-ring (bicyclic) bond motifs is 1. The van der Waals surface area contributed by atoms with Crippen molar-refractivity contribution in [3.63, 3.8) is 0 Å². The lowest BCUT2D eigenvalue weighted by Gasteiger charge is -2.37. The lowest BCUT2D eigenvalue weighted by atomic mass is 9.75. The van der Waals surface area contributed by atoms with Gasteiger partial charge in [-0.05, 0) is 64.7 Å². The summed E-state index contributed by atoms with van der Waals surface area (Å²) < 4.78 is 22.2. The first-order chi connectivity index (χ1) is 15.1. The van der Waals surface area contributed by atoms with Gasteiger partial charge in [-0.25, -0.2) is 4.79 Å². The summed E-state index contributed by atoms with van der Waals surface area (Å²) in [4.78, 5) is 26.7. The predicted octanol–water partition coefficient (Wildman–Crippen LogP) is 4.95. The number of carbonyl (C=O) groups excluding carboxylic acids is 2. The Hall–Kier alpha value is -2.44. The molecule has 0 spiro atoms. The Kier molecular flexibility index (Phi) is 7.57. The number of hydrogen-bond acceptors (Lipinski definition) is 6. The largest absolute Gasteiger partial charge is 0.465 e. The van der Waals surface area contributed by atoms with Gasteiger partial charge in [-0.2, -0.15) is 0 Å². The number of ether oxygens (including phenoxy) is 4. The van der Waals surface area contributed by atoms with Gasteiger partial charge in [0.05, 0.1) is 5.41 Å². The molecule has 0 aromatic heterocycles. The third-order valence-electron chi connectivity index (χ3n) is 6.46. The van der Waals surface area contributed by atoms with Crippen LogP contribution in [-0.2, 0) is 20.7 Å². The van der Waals surface area contributed by atoms with Gasteiger partial charge < -0.3 is 23.8 Å². The average Bonchev–Trinajstić information content (AvgIpc) is 3.23. The smallest absolute Gasteiger partial charge is 0.409 e. The fraction of sp³-hybridized carbons (Fsp3) is 0.680. The molecule has 1 heterocycles. The molecule has 1 aliphatic heterocycles. The first kappa shape index (κ1) is 24.2. The van der Waals surface area contributed by atoms with E-state index in [2.05, 4.69) is 0 Å². The number of nitrogens with zero attached hydrogens (tertiary/aromatic N) is 1. The predicted molar refractivity (Wildman–Crippen MR) is 121 cm³/mol. The van der Waals surface area contributed by atoms with Crippen LogP contribution in [0, 0.1) is 10.8 Å². The van der Waals surface area contributed by atoms with E-state index >= 15 is 0 Å². The van der Waals surface area contributed by atoms with Crippen molar-refractivity contribution in [2.45, 2.75) is 72.3 Å².